The third-order valence-corrected chi connectivity index (χ3v) is 4.15. The smallest absolute Gasteiger partial charge is 0.136 e. The lowest BCUT2D eigenvalue weighted by Crippen LogP contribution is -2.41. The standard InChI is InChI=1S/C14H28N2O/c1-6-16(7-2)13-8-9-15(10-13)11-14(4,5)12(3)17/h13H,6-11H2,1-5H3. The molecule has 17 heavy (non-hydrogen) atoms. The molecule has 0 spiro atoms. The van der Waals surface area contributed by atoms with Gasteiger partial charge in [0.2, 0.25) is 0 Å². The van der Waals surface area contributed by atoms with Gasteiger partial charge in [0.1, 0.15) is 5.78 Å². The molecule has 0 N–H and O–H groups in total. The van der Waals surface area contributed by atoms with E-state index in [4.69, 9.17) is 0 Å². The number of likely N-dealkylation sites (tertiary alicyclic amines) is 1. The predicted molar refractivity (Wildman–Crippen MR) is 72.2 cm³/mol. The van der Waals surface area contributed by atoms with Gasteiger partial charge in [-0.15, -0.1) is 0 Å². The van der Waals surface area contributed by atoms with Crippen molar-refractivity contribution in [2.45, 2.75) is 47.1 Å². The second kappa shape index (κ2) is 5.96. The van der Waals surface area contributed by atoms with Gasteiger partial charge in [0.25, 0.3) is 0 Å². The number of hydrogen-bond donors (Lipinski definition) is 0. The van der Waals surface area contributed by atoms with Gasteiger partial charge >= 0.3 is 0 Å². The number of carbonyl (C=O) groups is 1. The first-order valence-electron chi connectivity index (χ1n) is 6.88. The zero-order valence-corrected chi connectivity index (χ0v) is 12.1. The molecular weight excluding hydrogens is 212 g/mol. The van der Waals surface area contributed by atoms with Crippen molar-refractivity contribution in [3.8, 4) is 0 Å². The SMILES string of the molecule is CCN(CC)C1CCN(CC(C)(C)C(C)=O)C1. The lowest BCUT2D eigenvalue weighted by Gasteiger charge is -2.29. The van der Waals surface area contributed by atoms with E-state index < -0.39 is 0 Å². The number of hydrogen-bond acceptors (Lipinski definition) is 3. The van der Waals surface area contributed by atoms with E-state index in [1.54, 1.807) is 6.92 Å². The highest BCUT2D eigenvalue weighted by atomic mass is 16.1. The zero-order valence-electron chi connectivity index (χ0n) is 12.1. The lowest BCUT2D eigenvalue weighted by atomic mass is 9.88. The highest BCUT2D eigenvalue weighted by molar-refractivity contribution is 5.81. The van der Waals surface area contributed by atoms with Crippen molar-refractivity contribution >= 4 is 5.78 Å². The first kappa shape index (κ1) is 14.7. The Bertz CT molecular complexity index is 259. The molecule has 1 saturated heterocycles. The Morgan fingerprint density at radius 2 is 1.94 bits per heavy atom. The lowest BCUT2D eigenvalue weighted by molar-refractivity contribution is -0.125. The summed E-state index contributed by atoms with van der Waals surface area (Å²) in [6, 6.07) is 0.688. The third-order valence-electron chi connectivity index (χ3n) is 4.15. The highest BCUT2D eigenvalue weighted by Gasteiger charge is 2.32. The summed E-state index contributed by atoms with van der Waals surface area (Å²) in [5.74, 6) is 0.295. The minimum absolute atomic E-state index is 0.196. The molecule has 1 unspecified atom stereocenters. The zero-order chi connectivity index (χ0) is 13.1. The van der Waals surface area contributed by atoms with Gasteiger partial charge in [0.05, 0.1) is 0 Å². The second-order valence-corrected chi connectivity index (χ2v) is 5.84. The van der Waals surface area contributed by atoms with Crippen molar-refractivity contribution in [2.75, 3.05) is 32.7 Å². The quantitative estimate of drug-likeness (QED) is 0.709. The van der Waals surface area contributed by atoms with Crippen molar-refractivity contribution in [3.05, 3.63) is 0 Å². The van der Waals surface area contributed by atoms with Crippen LogP contribution in [0.1, 0.15) is 41.0 Å². The fourth-order valence-corrected chi connectivity index (χ4v) is 2.66. The van der Waals surface area contributed by atoms with Crippen LogP contribution in [-0.2, 0) is 4.79 Å². The summed E-state index contributed by atoms with van der Waals surface area (Å²) in [5.41, 5.74) is -0.196. The van der Waals surface area contributed by atoms with Gasteiger partial charge in [0, 0.05) is 24.5 Å². The fourth-order valence-electron chi connectivity index (χ4n) is 2.66. The van der Waals surface area contributed by atoms with Crippen LogP contribution in [0.15, 0.2) is 0 Å². The number of carbonyl (C=O) groups excluding carboxylic acids is 1. The molecule has 0 aromatic carbocycles. The van der Waals surface area contributed by atoms with Gasteiger partial charge in [-0.25, -0.2) is 0 Å². The Balaban J connectivity index is 2.48. The van der Waals surface area contributed by atoms with Crippen LogP contribution in [0.4, 0.5) is 0 Å². The number of likely N-dealkylation sites (N-methyl/N-ethyl adjacent to an activating group) is 1. The van der Waals surface area contributed by atoms with E-state index in [-0.39, 0.29) is 5.41 Å². The van der Waals surface area contributed by atoms with Gasteiger partial charge in [0.15, 0.2) is 0 Å². The van der Waals surface area contributed by atoms with E-state index in [2.05, 4.69) is 37.5 Å². The molecule has 0 aromatic heterocycles. The van der Waals surface area contributed by atoms with Gasteiger partial charge in [-0.2, -0.15) is 0 Å². The Morgan fingerprint density at radius 3 is 2.41 bits per heavy atom. The van der Waals surface area contributed by atoms with Crippen LogP contribution in [0.5, 0.6) is 0 Å². The Morgan fingerprint density at radius 1 is 1.35 bits per heavy atom. The molecule has 0 saturated carbocycles. The van der Waals surface area contributed by atoms with Crippen LogP contribution in [-0.4, -0.2) is 54.3 Å². The van der Waals surface area contributed by atoms with Gasteiger partial charge in [-0.1, -0.05) is 27.7 Å². The van der Waals surface area contributed by atoms with Crippen LogP contribution >= 0.6 is 0 Å². The maximum Gasteiger partial charge on any atom is 0.136 e. The van der Waals surface area contributed by atoms with Crippen molar-refractivity contribution in [2.24, 2.45) is 5.41 Å². The monoisotopic (exact) mass is 240 g/mol. The molecule has 0 bridgehead atoms. The molecule has 1 aliphatic heterocycles. The van der Waals surface area contributed by atoms with E-state index >= 15 is 0 Å². The summed E-state index contributed by atoms with van der Waals surface area (Å²) in [6.07, 6.45) is 1.25. The summed E-state index contributed by atoms with van der Waals surface area (Å²) in [7, 11) is 0. The molecule has 0 aliphatic carbocycles. The van der Waals surface area contributed by atoms with E-state index in [0.717, 1.165) is 32.7 Å². The van der Waals surface area contributed by atoms with Gasteiger partial charge < -0.3 is 4.90 Å². The summed E-state index contributed by atoms with van der Waals surface area (Å²) >= 11 is 0. The average Bonchev–Trinajstić information content (AvgIpc) is 2.67. The van der Waals surface area contributed by atoms with Crippen molar-refractivity contribution in [1.82, 2.24) is 9.80 Å². The summed E-state index contributed by atoms with van der Waals surface area (Å²) in [5, 5.41) is 0. The number of nitrogens with zero attached hydrogens (tertiary/aromatic N) is 2. The van der Waals surface area contributed by atoms with Crippen molar-refractivity contribution in [1.29, 1.82) is 0 Å². The molecule has 1 aliphatic rings. The molecule has 1 atom stereocenters. The topological polar surface area (TPSA) is 23.6 Å². The Hall–Kier alpha value is -0.410. The molecule has 1 rings (SSSR count). The number of ketones is 1. The third kappa shape index (κ3) is 3.78. The predicted octanol–water partition coefficient (Wildman–Crippen LogP) is 2.02. The van der Waals surface area contributed by atoms with E-state index in [9.17, 15) is 4.79 Å². The van der Waals surface area contributed by atoms with E-state index in [1.807, 2.05) is 0 Å². The molecule has 0 radical (unpaired) electrons. The van der Waals surface area contributed by atoms with Crippen LogP contribution in [0.3, 0.4) is 0 Å². The molecule has 1 fully saturated rings. The second-order valence-electron chi connectivity index (χ2n) is 5.84. The number of Topliss-reactive ketones (excluding diaryl/α,β-unsaturated/α-hetero) is 1. The highest BCUT2D eigenvalue weighted by Crippen LogP contribution is 2.23. The van der Waals surface area contributed by atoms with Gasteiger partial charge in [-0.05, 0) is 33.0 Å². The van der Waals surface area contributed by atoms with E-state index in [0.29, 0.717) is 11.8 Å². The van der Waals surface area contributed by atoms with Crippen molar-refractivity contribution in [3.63, 3.8) is 0 Å². The molecular formula is C14H28N2O. The van der Waals surface area contributed by atoms with Crippen LogP contribution in [0, 0.1) is 5.41 Å². The van der Waals surface area contributed by atoms with Crippen LogP contribution < -0.4 is 0 Å². The summed E-state index contributed by atoms with van der Waals surface area (Å²) < 4.78 is 0. The molecule has 100 valence electrons. The van der Waals surface area contributed by atoms with E-state index in [1.165, 1.54) is 6.42 Å². The van der Waals surface area contributed by atoms with Crippen molar-refractivity contribution < 1.29 is 4.79 Å². The van der Waals surface area contributed by atoms with Gasteiger partial charge in [-0.3, -0.25) is 9.69 Å². The molecule has 1 heterocycles. The summed E-state index contributed by atoms with van der Waals surface area (Å²) in [6.45, 7) is 15.7. The molecule has 3 nitrogen and oxygen atoms in total. The molecule has 0 aromatic rings. The van der Waals surface area contributed by atoms with Crippen LogP contribution in [0.25, 0.3) is 0 Å². The Labute approximate surface area is 106 Å². The fraction of sp³-hybridized carbons (Fsp3) is 0.929. The summed E-state index contributed by atoms with van der Waals surface area (Å²) in [4.78, 5) is 16.5. The first-order chi connectivity index (χ1) is 7.90. The molecule has 0 amide bonds. The number of rotatable bonds is 6. The largest absolute Gasteiger partial charge is 0.301 e. The van der Waals surface area contributed by atoms with Crippen LogP contribution in [0.2, 0.25) is 0 Å². The average molecular weight is 240 g/mol. The Kier molecular flexibility index (Phi) is 5.14. The minimum Gasteiger partial charge on any atom is -0.301 e. The normalized spacial score (nSPS) is 22.4. The molecule has 3 heteroatoms. The maximum absolute atomic E-state index is 11.5. The maximum atomic E-state index is 11.5. The minimum atomic E-state index is -0.196. The first-order valence-corrected chi connectivity index (χ1v) is 6.88.